The molecule has 2 radical (unpaired) electrons. The Morgan fingerprint density at radius 3 is 2.00 bits per heavy atom. The third-order valence-electron chi connectivity index (χ3n) is 0. The molecule has 0 heterocycles. The van der Waals surface area contributed by atoms with Crippen LogP contribution in [0, 0.1) is 0 Å². The van der Waals surface area contributed by atoms with Crippen LogP contribution in [0.25, 0.3) is 0 Å². The van der Waals surface area contributed by atoms with Crippen molar-refractivity contribution in [1.82, 2.24) is 5.73 Å². The average Bonchev–Trinajstić information content (AvgIpc) is 0.811. The molecule has 1 atom stereocenters. The molecular formula is C2H4FN. The van der Waals surface area contributed by atoms with Crippen LogP contribution >= 0.6 is 0 Å². The van der Waals surface area contributed by atoms with Crippen LogP contribution in [0.4, 0.5) is 4.39 Å². The van der Waals surface area contributed by atoms with Gasteiger partial charge in [-0.15, -0.1) is 5.73 Å². The van der Waals surface area contributed by atoms with E-state index in [-0.39, 0.29) is 0 Å². The molecule has 2 heteroatoms. The zero-order chi connectivity index (χ0) is 3.58. The molecule has 0 aliphatic rings. The molecule has 0 N–H and O–H groups in total. The molecule has 4 heavy (non-hydrogen) atoms. The number of alkyl halides is 1. The summed E-state index contributed by atoms with van der Waals surface area (Å²) in [6.07, 6.45) is -1.67. The Labute approximate surface area is 24.6 Å². The second kappa shape index (κ2) is 1.24. The average molecular weight is 61.1 g/mol. The highest BCUT2D eigenvalue weighted by molar-refractivity contribution is 4.16. The fraction of sp³-hybridized carbons (Fsp3) is 1.00. The Kier molecular flexibility index (Phi) is 1.20. The first-order valence-corrected chi connectivity index (χ1v) is 1.05. The highest BCUT2D eigenvalue weighted by atomic mass is 19.1. The van der Waals surface area contributed by atoms with Gasteiger partial charge in [-0.25, -0.2) is 4.39 Å². The molecule has 0 amide bonds. The van der Waals surface area contributed by atoms with Crippen molar-refractivity contribution in [3.63, 3.8) is 0 Å². The number of hydrogen-bond donors (Lipinski definition) is 0. The summed E-state index contributed by atoms with van der Waals surface area (Å²) in [5.41, 5.74) is 7.39. The van der Waals surface area contributed by atoms with Gasteiger partial charge in [0.1, 0.15) is 0 Å². The van der Waals surface area contributed by atoms with Gasteiger partial charge in [-0.1, -0.05) is 0 Å². The van der Waals surface area contributed by atoms with Crippen molar-refractivity contribution < 1.29 is 4.39 Å². The SMILES string of the molecule is CC([N])F. The first-order chi connectivity index (χ1) is 1.73. The van der Waals surface area contributed by atoms with E-state index in [1.807, 2.05) is 0 Å². The van der Waals surface area contributed by atoms with Crippen LogP contribution < -0.4 is 5.73 Å². The first-order valence-electron chi connectivity index (χ1n) is 1.05. The van der Waals surface area contributed by atoms with Gasteiger partial charge in [0, 0.05) is 0 Å². The first kappa shape index (κ1) is 3.89. The minimum Gasteiger partial charge on any atom is -0.227 e. The molecular weight excluding hydrogens is 57.0 g/mol. The Hall–Kier alpha value is -0.110. The smallest absolute Gasteiger partial charge is 0.180 e. The minimum absolute atomic E-state index is 1.06. The van der Waals surface area contributed by atoms with Gasteiger partial charge >= 0.3 is 0 Å². The maximum absolute atomic E-state index is 10.6. The van der Waals surface area contributed by atoms with Crippen molar-refractivity contribution >= 4 is 0 Å². The monoisotopic (exact) mass is 61.0 g/mol. The van der Waals surface area contributed by atoms with Crippen molar-refractivity contribution in [2.45, 2.75) is 13.2 Å². The van der Waals surface area contributed by atoms with E-state index in [1.54, 1.807) is 0 Å². The van der Waals surface area contributed by atoms with E-state index in [0.29, 0.717) is 0 Å². The molecule has 0 saturated carbocycles. The summed E-state index contributed by atoms with van der Waals surface area (Å²) in [6, 6.07) is 0. The molecule has 0 saturated heterocycles. The fourth-order valence-electron chi connectivity index (χ4n) is 0. The molecule has 0 rings (SSSR count). The van der Waals surface area contributed by atoms with Gasteiger partial charge in [-0.2, -0.15) is 0 Å². The van der Waals surface area contributed by atoms with E-state index in [1.165, 1.54) is 0 Å². The van der Waals surface area contributed by atoms with E-state index in [9.17, 15) is 4.39 Å². The van der Waals surface area contributed by atoms with Gasteiger partial charge in [0.2, 0.25) is 0 Å². The van der Waals surface area contributed by atoms with E-state index in [4.69, 9.17) is 5.73 Å². The van der Waals surface area contributed by atoms with E-state index in [2.05, 4.69) is 0 Å². The zero-order valence-corrected chi connectivity index (χ0v) is 2.40. The number of halogens is 1. The molecule has 1 unspecified atom stereocenters. The largest absolute Gasteiger partial charge is 0.227 e. The molecule has 0 fully saturated rings. The van der Waals surface area contributed by atoms with Crippen LogP contribution in [0.3, 0.4) is 0 Å². The van der Waals surface area contributed by atoms with Gasteiger partial charge in [0.25, 0.3) is 0 Å². The van der Waals surface area contributed by atoms with Crippen LogP contribution in [0.1, 0.15) is 6.92 Å². The van der Waals surface area contributed by atoms with E-state index < -0.39 is 6.30 Å². The zero-order valence-electron chi connectivity index (χ0n) is 2.40. The fourth-order valence-corrected chi connectivity index (χ4v) is 0. The lowest BCUT2D eigenvalue weighted by atomic mass is 10.8. The quantitative estimate of drug-likeness (QED) is 0.361. The van der Waals surface area contributed by atoms with Crippen LogP contribution in [0.15, 0.2) is 0 Å². The maximum Gasteiger partial charge on any atom is 0.180 e. The topological polar surface area (TPSA) is 22.3 Å². The second-order valence-corrected chi connectivity index (χ2v) is 0.574. The van der Waals surface area contributed by atoms with Gasteiger partial charge in [-0.3, -0.25) is 0 Å². The number of hydrogen-bond acceptors (Lipinski definition) is 0. The standard InChI is InChI=1S/C2H4FN/c1-2(3)4/h2H,1H3. The number of rotatable bonds is 0. The minimum atomic E-state index is -1.67. The van der Waals surface area contributed by atoms with Crippen molar-refractivity contribution in [3.8, 4) is 0 Å². The van der Waals surface area contributed by atoms with Crippen LogP contribution in [0.5, 0.6) is 0 Å². The summed E-state index contributed by atoms with van der Waals surface area (Å²) in [5, 5.41) is 0. The summed E-state index contributed by atoms with van der Waals surface area (Å²) in [7, 11) is 0. The van der Waals surface area contributed by atoms with Crippen LogP contribution in [-0.2, 0) is 0 Å². The highest BCUT2D eigenvalue weighted by Gasteiger charge is 1.77. The summed E-state index contributed by atoms with van der Waals surface area (Å²) in [6.45, 7) is 1.06. The molecule has 0 aromatic rings. The van der Waals surface area contributed by atoms with Gasteiger partial charge in [0.05, 0.1) is 0 Å². The highest BCUT2D eigenvalue weighted by Crippen LogP contribution is 1.69. The molecule has 0 bridgehead atoms. The molecule has 0 aromatic heterocycles. The Morgan fingerprint density at radius 2 is 2.00 bits per heavy atom. The normalized spacial score (nSPS) is 15.8. The lowest BCUT2D eigenvalue weighted by molar-refractivity contribution is 0.362. The number of nitrogens with zero attached hydrogens (tertiary/aromatic N) is 1. The third-order valence-corrected chi connectivity index (χ3v) is 0. The third kappa shape index (κ3) is 124. The Balaban J connectivity index is 2.32. The molecule has 0 aliphatic carbocycles. The van der Waals surface area contributed by atoms with Crippen LogP contribution in [-0.4, -0.2) is 6.30 Å². The maximum atomic E-state index is 10.6. The van der Waals surface area contributed by atoms with Gasteiger partial charge in [-0.05, 0) is 6.92 Å². The van der Waals surface area contributed by atoms with Crippen LogP contribution in [0.2, 0.25) is 0 Å². The van der Waals surface area contributed by atoms with Crippen molar-refractivity contribution in [2.24, 2.45) is 0 Å². The van der Waals surface area contributed by atoms with Crippen molar-refractivity contribution in [2.75, 3.05) is 0 Å². The molecule has 24 valence electrons. The predicted octanol–water partition coefficient (Wildman–Crippen LogP) is 0.371. The van der Waals surface area contributed by atoms with Crippen molar-refractivity contribution in [3.05, 3.63) is 0 Å². The molecule has 0 spiro atoms. The predicted molar refractivity (Wildman–Crippen MR) is 12.7 cm³/mol. The van der Waals surface area contributed by atoms with E-state index >= 15 is 0 Å². The van der Waals surface area contributed by atoms with Gasteiger partial charge in [0.15, 0.2) is 6.30 Å². The Bertz CT molecular complexity index is 10.8. The molecule has 0 aliphatic heterocycles. The lowest BCUT2D eigenvalue weighted by Gasteiger charge is -1.71. The second-order valence-electron chi connectivity index (χ2n) is 0.574. The summed E-state index contributed by atoms with van der Waals surface area (Å²) >= 11 is 0. The lowest BCUT2D eigenvalue weighted by Crippen LogP contribution is -1.86. The molecule has 0 aromatic carbocycles. The molecule has 1 nitrogen and oxygen atoms in total. The van der Waals surface area contributed by atoms with E-state index in [0.717, 1.165) is 6.92 Å². The summed E-state index contributed by atoms with van der Waals surface area (Å²) in [5.74, 6) is 0. The Morgan fingerprint density at radius 1 is 2.00 bits per heavy atom. The summed E-state index contributed by atoms with van der Waals surface area (Å²) < 4.78 is 10.6. The van der Waals surface area contributed by atoms with Gasteiger partial charge < -0.3 is 0 Å². The van der Waals surface area contributed by atoms with Crippen molar-refractivity contribution in [1.29, 1.82) is 0 Å². The summed E-state index contributed by atoms with van der Waals surface area (Å²) in [4.78, 5) is 0.